The Morgan fingerprint density at radius 3 is 2.67 bits per heavy atom. The average Bonchev–Trinajstić information content (AvgIpc) is 2.51. The van der Waals surface area contributed by atoms with Crippen molar-refractivity contribution in [1.82, 2.24) is 20.3 Å². The summed E-state index contributed by atoms with van der Waals surface area (Å²) in [6.07, 6.45) is -2.15. The summed E-state index contributed by atoms with van der Waals surface area (Å²) in [7, 11) is 1.62. The largest absolute Gasteiger partial charge is 0.319 e. The first-order chi connectivity index (χ1) is 6.92. The van der Waals surface area contributed by atoms with Gasteiger partial charge < -0.3 is 5.32 Å². The van der Waals surface area contributed by atoms with Crippen molar-refractivity contribution in [2.45, 2.75) is 18.9 Å². The van der Waals surface area contributed by atoms with E-state index in [4.69, 9.17) is 0 Å². The summed E-state index contributed by atoms with van der Waals surface area (Å²) in [6, 6.07) is 0. The van der Waals surface area contributed by atoms with Crippen LogP contribution in [0.1, 0.15) is 5.69 Å². The van der Waals surface area contributed by atoms with E-state index in [1.165, 1.54) is 10.9 Å². The van der Waals surface area contributed by atoms with Crippen molar-refractivity contribution in [2.75, 3.05) is 6.54 Å². The molecule has 0 radical (unpaired) electrons. The number of hydrogen-bond donors (Lipinski definition) is 1. The highest BCUT2D eigenvalue weighted by atomic mass is 19.3. The Morgan fingerprint density at radius 2 is 2.20 bits per heavy atom. The highest BCUT2D eigenvalue weighted by molar-refractivity contribution is 4.91. The van der Waals surface area contributed by atoms with Gasteiger partial charge in [0.15, 0.2) is 0 Å². The van der Waals surface area contributed by atoms with Crippen molar-refractivity contribution in [3.63, 3.8) is 0 Å². The Bertz CT molecular complexity index is 312. The van der Waals surface area contributed by atoms with Crippen LogP contribution in [0.25, 0.3) is 0 Å². The second kappa shape index (κ2) is 4.56. The van der Waals surface area contributed by atoms with Crippen LogP contribution in [0.3, 0.4) is 0 Å². The number of nitrogens with zero attached hydrogens (tertiary/aromatic N) is 3. The van der Waals surface area contributed by atoms with Gasteiger partial charge in [-0.25, -0.2) is 8.78 Å². The van der Waals surface area contributed by atoms with Crippen molar-refractivity contribution in [1.29, 1.82) is 0 Å². The van der Waals surface area contributed by atoms with Gasteiger partial charge in [0, 0.05) is 19.8 Å². The van der Waals surface area contributed by atoms with E-state index in [0.717, 1.165) is 0 Å². The molecule has 1 aromatic heterocycles. The molecular weight excluding hydrogens is 216 g/mol. The molecule has 4 nitrogen and oxygen atoms in total. The van der Waals surface area contributed by atoms with Crippen LogP contribution in [0.15, 0.2) is 6.20 Å². The number of alkyl halides is 4. The fourth-order valence-corrected chi connectivity index (χ4v) is 0.911. The van der Waals surface area contributed by atoms with Gasteiger partial charge in [0.1, 0.15) is 0 Å². The summed E-state index contributed by atoms with van der Waals surface area (Å²) in [5.41, 5.74) is 0.419. The topological polar surface area (TPSA) is 42.7 Å². The zero-order chi connectivity index (χ0) is 11.5. The number of aromatic nitrogens is 3. The van der Waals surface area contributed by atoms with E-state index in [1.54, 1.807) is 7.05 Å². The van der Waals surface area contributed by atoms with E-state index in [9.17, 15) is 17.6 Å². The van der Waals surface area contributed by atoms with Gasteiger partial charge in [0.25, 0.3) is 0 Å². The van der Waals surface area contributed by atoms with Crippen molar-refractivity contribution in [3.05, 3.63) is 11.9 Å². The lowest BCUT2D eigenvalue weighted by atomic mass is 10.3. The minimum Gasteiger partial charge on any atom is -0.305 e. The molecule has 15 heavy (non-hydrogen) atoms. The molecule has 0 aromatic carbocycles. The number of halogens is 4. The van der Waals surface area contributed by atoms with Gasteiger partial charge in [-0.1, -0.05) is 5.21 Å². The van der Waals surface area contributed by atoms with Crippen LogP contribution in [0.4, 0.5) is 17.6 Å². The first-order valence-electron chi connectivity index (χ1n) is 4.13. The van der Waals surface area contributed by atoms with Gasteiger partial charge in [0.2, 0.25) is 0 Å². The normalized spacial score (nSPS) is 12.4. The highest BCUT2D eigenvalue weighted by Gasteiger charge is 2.39. The predicted molar refractivity (Wildman–Crippen MR) is 43.7 cm³/mol. The molecule has 0 saturated carbocycles. The van der Waals surface area contributed by atoms with E-state index in [1.807, 2.05) is 0 Å². The fourth-order valence-electron chi connectivity index (χ4n) is 0.911. The fraction of sp³-hybridized carbons (Fsp3) is 0.714. The lowest BCUT2D eigenvalue weighted by Gasteiger charge is -2.14. The molecule has 86 valence electrons. The van der Waals surface area contributed by atoms with Crippen molar-refractivity contribution >= 4 is 0 Å². The first-order valence-corrected chi connectivity index (χ1v) is 4.13. The van der Waals surface area contributed by atoms with Crippen LogP contribution < -0.4 is 5.32 Å². The lowest BCUT2D eigenvalue weighted by molar-refractivity contribution is -0.125. The second-order valence-corrected chi connectivity index (χ2v) is 3.05. The van der Waals surface area contributed by atoms with Crippen LogP contribution in [0, 0.1) is 0 Å². The summed E-state index contributed by atoms with van der Waals surface area (Å²) in [6.45, 7) is -1.10. The first kappa shape index (κ1) is 11.9. The second-order valence-electron chi connectivity index (χ2n) is 3.05. The molecule has 0 bridgehead atoms. The quantitative estimate of drug-likeness (QED) is 0.755. The van der Waals surface area contributed by atoms with E-state index >= 15 is 0 Å². The zero-order valence-corrected chi connectivity index (χ0v) is 7.92. The molecule has 0 aliphatic heterocycles. The van der Waals surface area contributed by atoms with Crippen LogP contribution >= 0.6 is 0 Å². The van der Waals surface area contributed by atoms with Crippen molar-refractivity contribution < 1.29 is 17.6 Å². The smallest absolute Gasteiger partial charge is 0.305 e. The number of aryl methyl sites for hydroxylation is 1. The Kier molecular flexibility index (Phi) is 3.61. The van der Waals surface area contributed by atoms with E-state index in [0.29, 0.717) is 5.69 Å². The molecule has 1 aromatic rings. The minimum absolute atomic E-state index is 0.0177. The maximum Gasteiger partial charge on any atom is 0.319 e. The predicted octanol–water partition coefficient (Wildman–Crippen LogP) is 0.805. The van der Waals surface area contributed by atoms with E-state index < -0.39 is 18.9 Å². The van der Waals surface area contributed by atoms with Crippen LogP contribution in [0.2, 0.25) is 0 Å². The Hall–Kier alpha value is -1.18. The highest BCUT2D eigenvalue weighted by Crippen LogP contribution is 2.21. The molecule has 0 spiro atoms. The van der Waals surface area contributed by atoms with Gasteiger partial charge in [-0.3, -0.25) is 4.68 Å². The summed E-state index contributed by atoms with van der Waals surface area (Å²) in [5.74, 6) is -4.01. The zero-order valence-electron chi connectivity index (χ0n) is 7.92. The molecule has 0 saturated heterocycles. The molecule has 0 aliphatic carbocycles. The molecule has 0 aliphatic rings. The van der Waals surface area contributed by atoms with Gasteiger partial charge in [-0.2, -0.15) is 8.78 Å². The molecule has 1 rings (SSSR count). The Labute approximate surface area is 83.3 Å². The maximum absolute atomic E-state index is 12.4. The SMILES string of the molecule is Cn1cc(CNCC(F)(F)C(F)F)nn1. The molecule has 0 atom stereocenters. The summed E-state index contributed by atoms with van der Waals surface area (Å²) in [5, 5.41) is 9.35. The number of hydrogen-bond acceptors (Lipinski definition) is 3. The Morgan fingerprint density at radius 1 is 1.53 bits per heavy atom. The molecule has 8 heteroatoms. The Balaban J connectivity index is 2.33. The van der Waals surface area contributed by atoms with Crippen LogP contribution in [-0.4, -0.2) is 33.9 Å². The van der Waals surface area contributed by atoms with E-state index in [-0.39, 0.29) is 6.54 Å². The maximum atomic E-state index is 12.4. The molecule has 1 heterocycles. The number of rotatable bonds is 5. The summed E-state index contributed by atoms with van der Waals surface area (Å²) >= 11 is 0. The summed E-state index contributed by atoms with van der Waals surface area (Å²) < 4.78 is 49.6. The van der Waals surface area contributed by atoms with Crippen molar-refractivity contribution in [2.24, 2.45) is 7.05 Å². The molecule has 1 N–H and O–H groups in total. The molecular formula is C7H10F4N4. The molecule has 0 fully saturated rings. The standard InChI is InChI=1S/C7H10F4N4/c1-15-3-5(13-14-15)2-12-4-7(10,11)6(8)9/h3,6,12H,2,4H2,1H3. The van der Waals surface area contributed by atoms with Crippen LogP contribution in [-0.2, 0) is 13.6 Å². The van der Waals surface area contributed by atoms with Gasteiger partial charge >= 0.3 is 12.3 Å². The number of nitrogens with one attached hydrogen (secondary N) is 1. The van der Waals surface area contributed by atoms with Crippen molar-refractivity contribution in [3.8, 4) is 0 Å². The monoisotopic (exact) mass is 226 g/mol. The molecule has 0 unspecified atom stereocenters. The minimum atomic E-state index is -4.01. The van der Waals surface area contributed by atoms with Crippen LogP contribution in [0.5, 0.6) is 0 Å². The van der Waals surface area contributed by atoms with Gasteiger partial charge in [-0.05, 0) is 0 Å². The van der Waals surface area contributed by atoms with E-state index in [2.05, 4.69) is 15.6 Å². The summed E-state index contributed by atoms with van der Waals surface area (Å²) in [4.78, 5) is 0. The van der Waals surface area contributed by atoms with Gasteiger partial charge in [0.05, 0.1) is 12.2 Å². The van der Waals surface area contributed by atoms with Gasteiger partial charge in [-0.15, -0.1) is 5.10 Å². The lowest BCUT2D eigenvalue weighted by Crippen LogP contribution is -2.38. The third-order valence-corrected chi connectivity index (χ3v) is 1.64. The average molecular weight is 226 g/mol. The molecule has 0 amide bonds. The third-order valence-electron chi connectivity index (χ3n) is 1.64. The third kappa shape index (κ3) is 3.46.